The molecule has 15 heavy (non-hydrogen) atoms. The van der Waals surface area contributed by atoms with Crippen LogP contribution in [-0.2, 0) is 4.79 Å². The summed E-state index contributed by atoms with van der Waals surface area (Å²) in [6.07, 6.45) is 6.57. The first-order chi connectivity index (χ1) is 6.89. The van der Waals surface area contributed by atoms with Gasteiger partial charge in [-0.1, -0.05) is 37.1 Å². The number of hydrogen-bond donors (Lipinski definition) is 0. The van der Waals surface area contributed by atoms with E-state index in [4.69, 9.17) is 0 Å². The summed E-state index contributed by atoms with van der Waals surface area (Å²) < 4.78 is 0. The smallest absolute Gasteiger partial charge is 0.126 e. The molecule has 0 radical (unpaired) electrons. The van der Waals surface area contributed by atoms with Crippen LogP contribution in [0.2, 0.25) is 0 Å². The first-order valence-electron chi connectivity index (χ1n) is 5.68. The fourth-order valence-electron chi connectivity index (χ4n) is 2.32. The average molecular weight is 206 g/mol. The Labute approximate surface area is 93.3 Å². The molecule has 0 saturated heterocycles. The van der Waals surface area contributed by atoms with Crippen LogP contribution in [0.4, 0.5) is 0 Å². The molecular weight excluding hydrogens is 184 g/mol. The molecule has 0 aromatic heterocycles. The van der Waals surface area contributed by atoms with Gasteiger partial charge in [-0.25, -0.2) is 0 Å². The minimum Gasteiger partial charge on any atom is -0.303 e. The van der Waals surface area contributed by atoms with Crippen molar-refractivity contribution in [2.75, 3.05) is 0 Å². The molecule has 0 bridgehead atoms. The molecule has 0 aromatic carbocycles. The van der Waals surface area contributed by atoms with Crippen LogP contribution in [0.15, 0.2) is 23.3 Å². The normalized spacial score (nSPS) is 35.7. The summed E-state index contributed by atoms with van der Waals surface area (Å²) in [5.74, 6) is 0.804. The largest absolute Gasteiger partial charge is 0.303 e. The van der Waals surface area contributed by atoms with Crippen LogP contribution in [0, 0.1) is 17.3 Å². The van der Waals surface area contributed by atoms with Crippen molar-refractivity contribution in [2.45, 2.75) is 41.0 Å². The summed E-state index contributed by atoms with van der Waals surface area (Å²) in [7, 11) is 0. The topological polar surface area (TPSA) is 17.1 Å². The second-order valence-electron chi connectivity index (χ2n) is 5.41. The van der Waals surface area contributed by atoms with Gasteiger partial charge in [0, 0.05) is 11.3 Å². The number of rotatable bonds is 2. The van der Waals surface area contributed by atoms with Crippen molar-refractivity contribution in [1.82, 2.24) is 0 Å². The van der Waals surface area contributed by atoms with Crippen LogP contribution in [0.1, 0.15) is 41.0 Å². The first kappa shape index (κ1) is 12.2. The standard InChI is InChI=1S/C14H22O/c1-10(2)6-13-7-11(3)12(4)8-14(13,5)9-15/h6-7,9,12-13H,8H2,1-5H3/t12-,13-,14+/m0/s1. The summed E-state index contributed by atoms with van der Waals surface area (Å²) in [5, 5.41) is 0. The molecule has 1 aliphatic carbocycles. The second kappa shape index (κ2) is 4.34. The van der Waals surface area contributed by atoms with E-state index in [1.54, 1.807) is 0 Å². The van der Waals surface area contributed by atoms with Gasteiger partial charge in [0.1, 0.15) is 6.29 Å². The van der Waals surface area contributed by atoms with Crippen molar-refractivity contribution in [3.05, 3.63) is 23.3 Å². The fourth-order valence-corrected chi connectivity index (χ4v) is 2.32. The zero-order valence-corrected chi connectivity index (χ0v) is 10.5. The number of carbonyl (C=O) groups is 1. The Morgan fingerprint density at radius 1 is 1.53 bits per heavy atom. The molecule has 0 fully saturated rings. The summed E-state index contributed by atoms with van der Waals surface area (Å²) in [4.78, 5) is 11.3. The highest BCUT2D eigenvalue weighted by atomic mass is 16.1. The molecule has 1 heteroatoms. The number of aldehydes is 1. The van der Waals surface area contributed by atoms with Crippen LogP contribution >= 0.6 is 0 Å². The van der Waals surface area contributed by atoms with Crippen molar-refractivity contribution < 1.29 is 4.79 Å². The van der Waals surface area contributed by atoms with E-state index in [1.807, 2.05) is 0 Å². The molecule has 1 nitrogen and oxygen atoms in total. The van der Waals surface area contributed by atoms with E-state index < -0.39 is 0 Å². The molecule has 3 atom stereocenters. The summed E-state index contributed by atoms with van der Waals surface area (Å²) in [6.45, 7) is 10.6. The van der Waals surface area contributed by atoms with E-state index in [2.05, 4.69) is 46.8 Å². The zero-order chi connectivity index (χ0) is 11.6. The monoisotopic (exact) mass is 206 g/mol. The fraction of sp³-hybridized carbons (Fsp3) is 0.643. The van der Waals surface area contributed by atoms with Crippen LogP contribution in [0.5, 0.6) is 0 Å². The van der Waals surface area contributed by atoms with E-state index in [1.165, 1.54) is 11.1 Å². The van der Waals surface area contributed by atoms with Crippen molar-refractivity contribution >= 4 is 6.29 Å². The lowest BCUT2D eigenvalue weighted by Gasteiger charge is -2.37. The quantitative estimate of drug-likeness (QED) is 0.496. The van der Waals surface area contributed by atoms with Gasteiger partial charge in [0.25, 0.3) is 0 Å². The SMILES string of the molecule is CC(C)=C[C@H]1C=C(C)[C@@H](C)C[C@]1(C)C=O. The maximum atomic E-state index is 11.3. The maximum Gasteiger partial charge on any atom is 0.126 e. The molecule has 0 aromatic rings. The number of carbonyl (C=O) groups excluding carboxylic acids is 1. The van der Waals surface area contributed by atoms with E-state index in [0.717, 1.165) is 12.7 Å². The van der Waals surface area contributed by atoms with E-state index in [0.29, 0.717) is 5.92 Å². The lowest BCUT2D eigenvalue weighted by molar-refractivity contribution is -0.117. The van der Waals surface area contributed by atoms with Gasteiger partial charge in [-0.2, -0.15) is 0 Å². The van der Waals surface area contributed by atoms with E-state index >= 15 is 0 Å². The van der Waals surface area contributed by atoms with Gasteiger partial charge >= 0.3 is 0 Å². The number of allylic oxidation sites excluding steroid dienone is 4. The van der Waals surface area contributed by atoms with Crippen LogP contribution in [0.3, 0.4) is 0 Å². The molecule has 0 heterocycles. The van der Waals surface area contributed by atoms with Gasteiger partial charge in [0.05, 0.1) is 0 Å². The van der Waals surface area contributed by atoms with E-state index in [9.17, 15) is 4.79 Å². The van der Waals surface area contributed by atoms with Crippen molar-refractivity contribution in [3.8, 4) is 0 Å². The molecule has 1 rings (SSSR count). The Bertz CT molecular complexity index is 307. The predicted molar refractivity (Wildman–Crippen MR) is 64.6 cm³/mol. The summed E-state index contributed by atoms with van der Waals surface area (Å²) in [5.41, 5.74) is 2.49. The molecule has 0 N–H and O–H groups in total. The first-order valence-corrected chi connectivity index (χ1v) is 5.68. The highest BCUT2D eigenvalue weighted by Gasteiger charge is 2.36. The lowest BCUT2D eigenvalue weighted by Crippen LogP contribution is -2.33. The van der Waals surface area contributed by atoms with Gasteiger partial charge in [0.2, 0.25) is 0 Å². The number of hydrogen-bond acceptors (Lipinski definition) is 1. The average Bonchev–Trinajstić information content (AvgIpc) is 2.13. The molecule has 0 amide bonds. The van der Waals surface area contributed by atoms with Gasteiger partial charge in [0.15, 0.2) is 0 Å². The molecule has 0 unspecified atom stereocenters. The lowest BCUT2D eigenvalue weighted by atomic mass is 9.66. The molecule has 1 aliphatic rings. The van der Waals surface area contributed by atoms with Crippen LogP contribution in [0.25, 0.3) is 0 Å². The van der Waals surface area contributed by atoms with Gasteiger partial charge in [-0.3, -0.25) is 0 Å². The minimum absolute atomic E-state index is 0.212. The Balaban J connectivity index is 3.09. The minimum atomic E-state index is -0.212. The van der Waals surface area contributed by atoms with Gasteiger partial charge in [-0.05, 0) is 33.1 Å². The highest BCUT2D eigenvalue weighted by Crippen LogP contribution is 2.42. The summed E-state index contributed by atoms with van der Waals surface area (Å²) in [6, 6.07) is 0. The summed E-state index contributed by atoms with van der Waals surface area (Å²) >= 11 is 0. The predicted octanol–water partition coefficient (Wildman–Crippen LogP) is 3.76. The molecule has 0 aliphatic heterocycles. The molecule has 0 saturated carbocycles. The van der Waals surface area contributed by atoms with Gasteiger partial charge < -0.3 is 4.79 Å². The second-order valence-corrected chi connectivity index (χ2v) is 5.41. The Hall–Kier alpha value is -0.850. The van der Waals surface area contributed by atoms with Crippen LogP contribution < -0.4 is 0 Å². The third kappa shape index (κ3) is 2.58. The Morgan fingerprint density at radius 3 is 2.60 bits per heavy atom. The maximum absolute atomic E-state index is 11.3. The van der Waals surface area contributed by atoms with Crippen molar-refractivity contribution in [1.29, 1.82) is 0 Å². The van der Waals surface area contributed by atoms with Crippen molar-refractivity contribution in [2.24, 2.45) is 17.3 Å². The third-order valence-corrected chi connectivity index (χ3v) is 3.51. The third-order valence-electron chi connectivity index (χ3n) is 3.51. The Morgan fingerprint density at radius 2 is 2.13 bits per heavy atom. The molecular formula is C14H22O. The molecule has 0 spiro atoms. The highest BCUT2D eigenvalue weighted by molar-refractivity contribution is 5.61. The van der Waals surface area contributed by atoms with Crippen molar-refractivity contribution in [3.63, 3.8) is 0 Å². The zero-order valence-electron chi connectivity index (χ0n) is 10.5. The molecule has 84 valence electrons. The van der Waals surface area contributed by atoms with E-state index in [-0.39, 0.29) is 11.3 Å². The van der Waals surface area contributed by atoms with Crippen LogP contribution in [-0.4, -0.2) is 6.29 Å². The van der Waals surface area contributed by atoms with Gasteiger partial charge in [-0.15, -0.1) is 0 Å². The Kier molecular flexibility index (Phi) is 3.54.